The zero-order chi connectivity index (χ0) is 18.4. The summed E-state index contributed by atoms with van der Waals surface area (Å²) in [7, 11) is -1.74. The molecule has 0 aliphatic carbocycles. The minimum Gasteiger partial charge on any atom is -0.497 e. The Kier molecular flexibility index (Phi) is 6.29. The van der Waals surface area contributed by atoms with Crippen LogP contribution in [0, 0.1) is 0 Å². The first kappa shape index (κ1) is 18.9. The molecule has 3 rings (SSSR count). The van der Waals surface area contributed by atoms with Crippen molar-refractivity contribution in [2.45, 2.75) is 24.6 Å². The van der Waals surface area contributed by atoms with E-state index in [1.807, 2.05) is 54.6 Å². The van der Waals surface area contributed by atoms with E-state index in [9.17, 15) is 8.42 Å². The molecular formula is C20H26N2O3S. The summed E-state index contributed by atoms with van der Waals surface area (Å²) in [5.74, 6) is 0.807. The van der Waals surface area contributed by atoms with Gasteiger partial charge in [-0.25, -0.2) is 13.1 Å². The second-order valence-corrected chi connectivity index (χ2v) is 8.43. The molecule has 5 nitrogen and oxygen atoms in total. The second kappa shape index (κ2) is 8.66. The largest absolute Gasteiger partial charge is 0.497 e. The highest BCUT2D eigenvalue weighted by atomic mass is 32.2. The number of hydrogen-bond donors (Lipinski definition) is 1. The molecule has 2 aromatic rings. The summed E-state index contributed by atoms with van der Waals surface area (Å²) in [4.78, 5) is 2.35. The van der Waals surface area contributed by atoms with Gasteiger partial charge in [-0.05, 0) is 49.2 Å². The monoisotopic (exact) mass is 374 g/mol. The molecule has 0 aromatic heterocycles. The highest BCUT2D eigenvalue weighted by Gasteiger charge is 2.25. The van der Waals surface area contributed by atoms with Crippen molar-refractivity contribution in [1.29, 1.82) is 0 Å². The topological polar surface area (TPSA) is 58.6 Å². The molecule has 1 aliphatic rings. The van der Waals surface area contributed by atoms with Gasteiger partial charge in [0, 0.05) is 12.6 Å². The third kappa shape index (κ3) is 5.06. The van der Waals surface area contributed by atoms with Gasteiger partial charge < -0.3 is 4.74 Å². The van der Waals surface area contributed by atoms with Crippen molar-refractivity contribution in [2.75, 3.05) is 26.7 Å². The Balaban J connectivity index is 1.71. The molecule has 0 amide bonds. The maximum Gasteiger partial charge on any atom is 0.215 e. The smallest absolute Gasteiger partial charge is 0.215 e. The summed E-state index contributed by atoms with van der Waals surface area (Å²) in [6, 6.07) is 17.2. The number of ether oxygens (including phenoxy) is 1. The van der Waals surface area contributed by atoms with Crippen LogP contribution in [0.15, 0.2) is 54.6 Å². The summed E-state index contributed by atoms with van der Waals surface area (Å²) < 4.78 is 33.0. The van der Waals surface area contributed by atoms with Gasteiger partial charge in [-0.15, -0.1) is 0 Å². The molecule has 0 bridgehead atoms. The van der Waals surface area contributed by atoms with Crippen molar-refractivity contribution in [1.82, 2.24) is 9.62 Å². The standard InChI is InChI=1S/C20H26N2O3S/c1-25-19-11-9-18(10-12-19)20(22-13-5-6-14-22)15-21-26(23,24)16-17-7-3-2-4-8-17/h2-4,7-12,20-21H,5-6,13-16H2,1H3/t20-/m1/s1. The molecule has 1 heterocycles. The maximum absolute atomic E-state index is 12.5. The molecule has 0 unspecified atom stereocenters. The molecule has 1 fully saturated rings. The Bertz CT molecular complexity index is 786. The van der Waals surface area contributed by atoms with Gasteiger partial charge >= 0.3 is 0 Å². The van der Waals surface area contributed by atoms with Crippen LogP contribution in [0.25, 0.3) is 0 Å². The molecule has 1 atom stereocenters. The van der Waals surface area contributed by atoms with Crippen molar-refractivity contribution in [3.05, 3.63) is 65.7 Å². The van der Waals surface area contributed by atoms with Crippen molar-refractivity contribution in [3.8, 4) is 5.75 Å². The molecular weight excluding hydrogens is 348 g/mol. The molecule has 1 saturated heterocycles. The predicted octanol–water partition coefficient (Wildman–Crippen LogP) is 2.95. The van der Waals surface area contributed by atoms with Gasteiger partial charge in [0.05, 0.1) is 12.9 Å². The van der Waals surface area contributed by atoms with Crippen LogP contribution in [0.2, 0.25) is 0 Å². The first-order chi connectivity index (χ1) is 12.6. The number of nitrogens with one attached hydrogen (secondary N) is 1. The van der Waals surface area contributed by atoms with Gasteiger partial charge in [0.2, 0.25) is 10.0 Å². The second-order valence-electron chi connectivity index (χ2n) is 6.63. The normalized spacial score (nSPS) is 16.5. The van der Waals surface area contributed by atoms with E-state index in [1.54, 1.807) is 7.11 Å². The van der Waals surface area contributed by atoms with Crippen LogP contribution in [0.5, 0.6) is 5.75 Å². The van der Waals surface area contributed by atoms with E-state index < -0.39 is 10.0 Å². The van der Waals surface area contributed by atoms with Crippen LogP contribution in [-0.2, 0) is 15.8 Å². The van der Waals surface area contributed by atoms with Crippen molar-refractivity contribution < 1.29 is 13.2 Å². The molecule has 1 aliphatic heterocycles. The number of hydrogen-bond acceptors (Lipinski definition) is 4. The van der Waals surface area contributed by atoms with Crippen molar-refractivity contribution >= 4 is 10.0 Å². The predicted molar refractivity (Wildman–Crippen MR) is 104 cm³/mol. The van der Waals surface area contributed by atoms with Gasteiger partial charge in [0.15, 0.2) is 0 Å². The number of sulfonamides is 1. The van der Waals surface area contributed by atoms with Gasteiger partial charge in [-0.2, -0.15) is 0 Å². The minimum atomic E-state index is -3.38. The van der Waals surface area contributed by atoms with E-state index in [0.717, 1.165) is 42.8 Å². The highest BCUT2D eigenvalue weighted by molar-refractivity contribution is 7.88. The van der Waals surface area contributed by atoms with Crippen LogP contribution in [0.4, 0.5) is 0 Å². The Morgan fingerprint density at radius 1 is 1.04 bits per heavy atom. The zero-order valence-electron chi connectivity index (χ0n) is 15.1. The van der Waals surface area contributed by atoms with Crippen LogP contribution < -0.4 is 9.46 Å². The quantitative estimate of drug-likeness (QED) is 0.772. The Morgan fingerprint density at radius 3 is 2.31 bits per heavy atom. The van der Waals surface area contributed by atoms with Gasteiger partial charge in [0.25, 0.3) is 0 Å². The lowest BCUT2D eigenvalue weighted by Crippen LogP contribution is -2.37. The third-order valence-electron chi connectivity index (χ3n) is 4.78. The Morgan fingerprint density at radius 2 is 1.69 bits per heavy atom. The molecule has 140 valence electrons. The van der Waals surface area contributed by atoms with E-state index >= 15 is 0 Å². The van der Waals surface area contributed by atoms with Gasteiger partial charge in [-0.1, -0.05) is 42.5 Å². The summed E-state index contributed by atoms with van der Waals surface area (Å²) in [5.41, 5.74) is 1.90. The van der Waals surface area contributed by atoms with E-state index in [0.29, 0.717) is 6.54 Å². The van der Waals surface area contributed by atoms with Crippen LogP contribution in [0.1, 0.15) is 30.0 Å². The molecule has 0 saturated carbocycles. The summed E-state index contributed by atoms with van der Waals surface area (Å²) in [6.45, 7) is 2.37. The summed E-state index contributed by atoms with van der Waals surface area (Å²) >= 11 is 0. The fourth-order valence-corrected chi connectivity index (χ4v) is 4.53. The first-order valence-electron chi connectivity index (χ1n) is 8.97. The number of likely N-dealkylation sites (tertiary alicyclic amines) is 1. The van der Waals surface area contributed by atoms with E-state index in [2.05, 4.69) is 9.62 Å². The SMILES string of the molecule is COc1ccc([C@@H](CNS(=O)(=O)Cc2ccccc2)N2CCCC2)cc1. The molecule has 2 aromatic carbocycles. The summed E-state index contributed by atoms with van der Waals surface area (Å²) in [6.07, 6.45) is 2.31. The van der Waals surface area contributed by atoms with E-state index in [4.69, 9.17) is 4.74 Å². The number of benzene rings is 2. The van der Waals surface area contributed by atoms with Crippen molar-refractivity contribution in [2.24, 2.45) is 0 Å². The molecule has 1 N–H and O–H groups in total. The molecule has 0 spiro atoms. The lowest BCUT2D eigenvalue weighted by atomic mass is 10.1. The average molecular weight is 375 g/mol. The van der Waals surface area contributed by atoms with Gasteiger partial charge in [-0.3, -0.25) is 4.90 Å². The fourth-order valence-electron chi connectivity index (χ4n) is 3.39. The zero-order valence-corrected chi connectivity index (χ0v) is 15.9. The average Bonchev–Trinajstić information content (AvgIpc) is 3.17. The number of rotatable bonds is 8. The molecule has 0 radical (unpaired) electrons. The summed E-state index contributed by atoms with van der Waals surface area (Å²) in [5, 5.41) is 0. The maximum atomic E-state index is 12.5. The van der Waals surface area contributed by atoms with Crippen LogP contribution >= 0.6 is 0 Å². The van der Waals surface area contributed by atoms with Crippen molar-refractivity contribution in [3.63, 3.8) is 0 Å². The lowest BCUT2D eigenvalue weighted by molar-refractivity contribution is 0.246. The van der Waals surface area contributed by atoms with Crippen LogP contribution in [-0.4, -0.2) is 40.1 Å². The molecule has 26 heavy (non-hydrogen) atoms. The highest BCUT2D eigenvalue weighted by Crippen LogP contribution is 2.26. The number of nitrogens with zero attached hydrogens (tertiary/aromatic N) is 1. The van der Waals surface area contributed by atoms with E-state index in [-0.39, 0.29) is 11.8 Å². The third-order valence-corrected chi connectivity index (χ3v) is 6.10. The van der Waals surface area contributed by atoms with Gasteiger partial charge in [0.1, 0.15) is 5.75 Å². The Hall–Kier alpha value is -1.89. The van der Waals surface area contributed by atoms with E-state index in [1.165, 1.54) is 0 Å². The van der Waals surface area contributed by atoms with Crippen LogP contribution in [0.3, 0.4) is 0 Å². The number of methoxy groups -OCH3 is 1. The lowest BCUT2D eigenvalue weighted by Gasteiger charge is -2.28. The molecule has 6 heteroatoms. The Labute approximate surface area is 156 Å². The fraction of sp³-hybridized carbons (Fsp3) is 0.400. The first-order valence-corrected chi connectivity index (χ1v) is 10.6. The minimum absolute atomic E-state index is 0.00315.